The van der Waals surface area contributed by atoms with E-state index in [4.69, 9.17) is 9.72 Å². The number of fused-ring (bicyclic) bond motifs is 5. The highest BCUT2D eigenvalue weighted by molar-refractivity contribution is 7.99. The molecule has 0 amide bonds. The number of thiophene rings is 1. The Bertz CT molecular complexity index is 1240. The maximum Gasteiger partial charge on any atom is 0.198 e. The third kappa shape index (κ3) is 3.41. The molecule has 156 valence electrons. The van der Waals surface area contributed by atoms with Crippen LogP contribution in [-0.4, -0.2) is 31.4 Å². The smallest absolute Gasteiger partial charge is 0.198 e. The van der Waals surface area contributed by atoms with Crippen LogP contribution >= 0.6 is 34.9 Å². The summed E-state index contributed by atoms with van der Waals surface area (Å²) in [4.78, 5) is 7.19. The molecule has 4 aromatic rings. The Labute approximate surface area is 186 Å². The van der Waals surface area contributed by atoms with Crippen LogP contribution in [0, 0.1) is 5.82 Å². The molecule has 9 heteroatoms. The van der Waals surface area contributed by atoms with Crippen molar-refractivity contribution in [2.24, 2.45) is 0 Å². The second kappa shape index (κ2) is 7.78. The molecule has 0 unspecified atom stereocenters. The summed E-state index contributed by atoms with van der Waals surface area (Å²) in [5.74, 6) is 0.467. The van der Waals surface area contributed by atoms with Crippen molar-refractivity contribution < 1.29 is 9.13 Å². The van der Waals surface area contributed by atoms with Crippen molar-refractivity contribution in [2.75, 3.05) is 6.26 Å². The predicted octanol–water partition coefficient (Wildman–Crippen LogP) is 5.73. The zero-order chi connectivity index (χ0) is 20.9. The summed E-state index contributed by atoms with van der Waals surface area (Å²) in [6.07, 6.45) is 3.84. The number of ether oxygens (including phenoxy) is 1. The molecule has 1 aromatic carbocycles. The Morgan fingerprint density at radius 1 is 1.23 bits per heavy atom. The summed E-state index contributed by atoms with van der Waals surface area (Å²) in [5.41, 5.74) is 3.06. The summed E-state index contributed by atoms with van der Waals surface area (Å²) in [7, 11) is 0. The van der Waals surface area contributed by atoms with Crippen molar-refractivity contribution in [3.8, 4) is 0 Å². The van der Waals surface area contributed by atoms with Gasteiger partial charge in [0.2, 0.25) is 0 Å². The summed E-state index contributed by atoms with van der Waals surface area (Å²) in [6.45, 7) is 4.97. The first kappa shape index (κ1) is 20.2. The van der Waals surface area contributed by atoms with Gasteiger partial charge in [-0.1, -0.05) is 42.6 Å². The molecule has 3 aromatic heterocycles. The van der Waals surface area contributed by atoms with Crippen LogP contribution in [0.5, 0.6) is 0 Å². The largest absolute Gasteiger partial charge is 0.369 e. The lowest BCUT2D eigenvalue weighted by Crippen LogP contribution is -2.33. The van der Waals surface area contributed by atoms with Gasteiger partial charge >= 0.3 is 0 Å². The van der Waals surface area contributed by atoms with E-state index in [2.05, 4.69) is 28.4 Å². The molecule has 4 heterocycles. The molecule has 0 saturated carbocycles. The monoisotopic (exact) mass is 460 g/mol. The van der Waals surface area contributed by atoms with Gasteiger partial charge in [0.1, 0.15) is 10.6 Å². The Kier molecular flexibility index (Phi) is 5.25. The zero-order valence-electron chi connectivity index (χ0n) is 16.9. The fraction of sp³-hybridized carbons (Fsp3) is 0.381. The van der Waals surface area contributed by atoms with E-state index in [0.29, 0.717) is 12.4 Å². The van der Waals surface area contributed by atoms with Gasteiger partial charge in [-0.05, 0) is 42.9 Å². The number of halogens is 1. The number of benzene rings is 1. The van der Waals surface area contributed by atoms with E-state index in [1.165, 1.54) is 22.6 Å². The lowest BCUT2D eigenvalue weighted by molar-refractivity contribution is -0.0542. The molecule has 30 heavy (non-hydrogen) atoms. The van der Waals surface area contributed by atoms with E-state index in [9.17, 15) is 4.39 Å². The molecule has 0 spiro atoms. The number of aromatic nitrogens is 4. The van der Waals surface area contributed by atoms with Gasteiger partial charge in [-0.25, -0.2) is 13.8 Å². The number of nitrogens with zero attached hydrogens (tertiary/aromatic N) is 4. The van der Waals surface area contributed by atoms with Crippen LogP contribution < -0.4 is 0 Å². The SMILES string of the molecule is CC[C@]1(C)Cc2c(sc3nc(SC)n4c(SCc5ccc(F)cc5)nnc4c23)CO1. The third-order valence-corrected chi connectivity index (χ3v) is 8.37. The van der Waals surface area contributed by atoms with Gasteiger partial charge in [-0.15, -0.1) is 21.5 Å². The average Bonchev–Trinajstić information content (AvgIpc) is 3.33. The van der Waals surface area contributed by atoms with Crippen LogP contribution in [0.1, 0.15) is 36.3 Å². The normalized spacial score (nSPS) is 18.9. The summed E-state index contributed by atoms with van der Waals surface area (Å²) < 4.78 is 21.4. The fourth-order valence-corrected chi connectivity index (χ4v) is 6.34. The molecule has 0 aliphatic carbocycles. The summed E-state index contributed by atoms with van der Waals surface area (Å²) in [6, 6.07) is 6.58. The van der Waals surface area contributed by atoms with E-state index >= 15 is 0 Å². The molecule has 1 atom stereocenters. The topological polar surface area (TPSA) is 52.3 Å². The fourth-order valence-electron chi connectivity index (χ4n) is 3.70. The van der Waals surface area contributed by atoms with E-state index in [-0.39, 0.29) is 11.4 Å². The second-order valence-electron chi connectivity index (χ2n) is 7.61. The Balaban J connectivity index is 1.60. The van der Waals surface area contributed by atoms with Crippen LogP contribution in [-0.2, 0) is 23.5 Å². The predicted molar refractivity (Wildman–Crippen MR) is 121 cm³/mol. The molecule has 0 fully saturated rings. The third-order valence-electron chi connectivity index (χ3n) is 5.63. The maximum atomic E-state index is 13.2. The van der Waals surface area contributed by atoms with Gasteiger partial charge in [-0.3, -0.25) is 0 Å². The Hall–Kier alpha value is -1.68. The van der Waals surface area contributed by atoms with Crippen LogP contribution in [0.3, 0.4) is 0 Å². The number of thioether (sulfide) groups is 2. The summed E-state index contributed by atoms with van der Waals surface area (Å²) >= 11 is 4.88. The first-order chi connectivity index (χ1) is 14.5. The lowest BCUT2D eigenvalue weighted by atomic mass is 9.90. The first-order valence-electron chi connectivity index (χ1n) is 9.76. The van der Waals surface area contributed by atoms with E-state index in [0.717, 1.165) is 44.6 Å². The standard InChI is InChI=1S/C21H21FN4OS3/c1-4-21(2)9-14-15(10-27-21)30-18-16(14)17-24-25-20(26(17)19(23-18)28-3)29-11-12-5-7-13(22)8-6-12/h5-8H,4,9-11H2,1-3H3/t21-/m1/s1. The lowest BCUT2D eigenvalue weighted by Gasteiger charge is -2.32. The minimum absolute atomic E-state index is 0.156. The Morgan fingerprint density at radius 3 is 2.77 bits per heavy atom. The van der Waals surface area contributed by atoms with Crippen LogP contribution in [0.2, 0.25) is 0 Å². The van der Waals surface area contributed by atoms with Gasteiger partial charge in [0, 0.05) is 17.1 Å². The second-order valence-corrected chi connectivity index (χ2v) is 10.4. The molecular weight excluding hydrogens is 439 g/mol. The minimum atomic E-state index is -0.224. The maximum absolute atomic E-state index is 13.2. The van der Waals surface area contributed by atoms with Crippen LogP contribution in [0.4, 0.5) is 4.39 Å². The van der Waals surface area contributed by atoms with Crippen molar-refractivity contribution in [3.63, 3.8) is 0 Å². The van der Waals surface area contributed by atoms with E-state index < -0.39 is 0 Å². The molecule has 1 aliphatic heterocycles. The van der Waals surface area contributed by atoms with E-state index in [1.807, 2.05) is 6.26 Å². The molecule has 1 aliphatic rings. The summed E-state index contributed by atoms with van der Waals surface area (Å²) in [5, 5.41) is 11.9. The highest BCUT2D eigenvalue weighted by Gasteiger charge is 2.33. The van der Waals surface area contributed by atoms with Crippen molar-refractivity contribution in [2.45, 2.75) is 55.0 Å². The number of hydrogen-bond acceptors (Lipinski definition) is 7. The molecular formula is C21H21FN4OS3. The first-order valence-corrected chi connectivity index (χ1v) is 12.8. The number of hydrogen-bond donors (Lipinski definition) is 0. The van der Waals surface area contributed by atoms with Crippen molar-refractivity contribution >= 4 is 50.7 Å². The van der Waals surface area contributed by atoms with Crippen LogP contribution in [0.25, 0.3) is 15.9 Å². The molecule has 5 nitrogen and oxygen atoms in total. The van der Waals surface area contributed by atoms with Gasteiger partial charge < -0.3 is 4.74 Å². The average molecular weight is 461 g/mol. The molecule has 0 bridgehead atoms. The highest BCUT2D eigenvalue weighted by atomic mass is 32.2. The Morgan fingerprint density at radius 2 is 2.03 bits per heavy atom. The quantitative estimate of drug-likeness (QED) is 0.280. The van der Waals surface area contributed by atoms with Gasteiger partial charge in [-0.2, -0.15) is 0 Å². The number of rotatable bonds is 5. The molecule has 0 saturated heterocycles. The van der Waals surface area contributed by atoms with Gasteiger partial charge in [0.15, 0.2) is 16.0 Å². The molecule has 0 N–H and O–H groups in total. The zero-order valence-corrected chi connectivity index (χ0v) is 19.4. The van der Waals surface area contributed by atoms with Crippen molar-refractivity contribution in [3.05, 3.63) is 46.1 Å². The highest BCUT2D eigenvalue weighted by Crippen LogP contribution is 2.42. The van der Waals surface area contributed by atoms with Crippen LogP contribution in [0.15, 0.2) is 34.6 Å². The molecule has 0 radical (unpaired) electrons. The van der Waals surface area contributed by atoms with E-state index in [1.54, 1.807) is 47.0 Å². The van der Waals surface area contributed by atoms with Gasteiger partial charge in [0.25, 0.3) is 0 Å². The minimum Gasteiger partial charge on any atom is -0.369 e. The molecule has 5 rings (SSSR count). The van der Waals surface area contributed by atoms with Gasteiger partial charge in [0.05, 0.1) is 17.6 Å². The van der Waals surface area contributed by atoms with Crippen molar-refractivity contribution in [1.29, 1.82) is 0 Å². The van der Waals surface area contributed by atoms with Crippen molar-refractivity contribution in [1.82, 2.24) is 19.6 Å².